The van der Waals surface area contributed by atoms with E-state index in [2.05, 4.69) is 56.3 Å². The maximum atomic E-state index is 6.23. The highest BCUT2D eigenvalue weighted by Crippen LogP contribution is 2.44. The summed E-state index contributed by atoms with van der Waals surface area (Å²) in [6.07, 6.45) is 1.01. The van der Waals surface area contributed by atoms with Crippen LogP contribution in [0.4, 0.5) is 0 Å². The summed E-state index contributed by atoms with van der Waals surface area (Å²) in [6.45, 7) is 4.42. The third kappa shape index (κ3) is 1.99. The maximum absolute atomic E-state index is 6.23. The second-order valence-corrected chi connectivity index (χ2v) is 6.50. The van der Waals surface area contributed by atoms with E-state index in [4.69, 9.17) is 11.6 Å². The van der Waals surface area contributed by atoms with E-state index >= 15 is 0 Å². The van der Waals surface area contributed by atoms with Gasteiger partial charge in [0, 0.05) is 5.02 Å². The second-order valence-electron chi connectivity index (χ2n) is 6.06. The number of hydrogen-bond acceptors (Lipinski definition) is 0. The van der Waals surface area contributed by atoms with E-state index in [1.165, 1.54) is 44.5 Å². The van der Waals surface area contributed by atoms with E-state index in [1.54, 1.807) is 0 Å². The average molecular weight is 305 g/mol. The van der Waals surface area contributed by atoms with Crippen LogP contribution < -0.4 is 0 Å². The van der Waals surface area contributed by atoms with Crippen molar-refractivity contribution in [1.82, 2.24) is 0 Å². The van der Waals surface area contributed by atoms with Crippen LogP contribution in [0.25, 0.3) is 22.3 Å². The van der Waals surface area contributed by atoms with Gasteiger partial charge >= 0.3 is 0 Å². The Morgan fingerprint density at radius 3 is 2.50 bits per heavy atom. The van der Waals surface area contributed by atoms with Gasteiger partial charge in [0.1, 0.15) is 0 Å². The molecule has 0 amide bonds. The van der Waals surface area contributed by atoms with E-state index in [0.29, 0.717) is 0 Å². The second kappa shape index (κ2) is 5.00. The molecule has 1 aliphatic carbocycles. The molecule has 0 saturated carbocycles. The molecule has 1 heteroatoms. The topological polar surface area (TPSA) is 0 Å². The zero-order valence-corrected chi connectivity index (χ0v) is 13.5. The van der Waals surface area contributed by atoms with Crippen LogP contribution in [-0.2, 0) is 6.42 Å². The van der Waals surface area contributed by atoms with Crippen LogP contribution in [0.5, 0.6) is 0 Å². The number of halogens is 1. The molecule has 0 heterocycles. The Labute approximate surface area is 136 Å². The average Bonchev–Trinajstić information content (AvgIpc) is 2.86. The molecule has 0 radical (unpaired) electrons. The highest BCUT2D eigenvalue weighted by Gasteiger charge is 2.23. The molecule has 0 bridgehead atoms. The van der Waals surface area contributed by atoms with Crippen molar-refractivity contribution >= 4 is 11.6 Å². The van der Waals surface area contributed by atoms with Crippen LogP contribution in [0.1, 0.15) is 22.3 Å². The van der Waals surface area contributed by atoms with Crippen molar-refractivity contribution in [3.05, 3.63) is 81.9 Å². The Balaban J connectivity index is 2.03. The Kier molecular flexibility index (Phi) is 3.09. The molecule has 0 saturated heterocycles. The van der Waals surface area contributed by atoms with E-state index in [9.17, 15) is 0 Å². The molecule has 3 aromatic carbocycles. The number of fused-ring (bicyclic) bond motifs is 3. The molecule has 0 spiro atoms. The van der Waals surface area contributed by atoms with Crippen LogP contribution in [0, 0.1) is 13.8 Å². The molecule has 22 heavy (non-hydrogen) atoms. The van der Waals surface area contributed by atoms with Crippen molar-refractivity contribution in [1.29, 1.82) is 0 Å². The molecule has 0 fully saturated rings. The largest absolute Gasteiger partial charge is 0.0843 e. The molecule has 0 nitrogen and oxygen atoms in total. The Morgan fingerprint density at radius 2 is 1.68 bits per heavy atom. The standard InChI is InChI=1S/C21H17Cl/c1-13-10-19-18-9-4-3-6-15(18)12-20(19)21(14(13)2)16-7-5-8-17(22)11-16/h3-11H,12H2,1-2H3. The summed E-state index contributed by atoms with van der Waals surface area (Å²) in [7, 11) is 0. The van der Waals surface area contributed by atoms with Crippen LogP contribution in [0.2, 0.25) is 5.02 Å². The predicted octanol–water partition coefficient (Wildman–Crippen LogP) is 6.20. The van der Waals surface area contributed by atoms with Crippen LogP contribution >= 0.6 is 11.6 Å². The lowest BCUT2D eigenvalue weighted by Gasteiger charge is -2.16. The Hall–Kier alpha value is -2.05. The summed E-state index contributed by atoms with van der Waals surface area (Å²) in [5.74, 6) is 0. The summed E-state index contributed by atoms with van der Waals surface area (Å²) in [5, 5.41) is 0.794. The van der Waals surface area contributed by atoms with Crippen molar-refractivity contribution in [3.8, 4) is 22.3 Å². The fourth-order valence-electron chi connectivity index (χ4n) is 3.56. The minimum absolute atomic E-state index is 0.794. The fourth-order valence-corrected chi connectivity index (χ4v) is 3.75. The van der Waals surface area contributed by atoms with Crippen molar-refractivity contribution in [3.63, 3.8) is 0 Å². The summed E-state index contributed by atoms with van der Waals surface area (Å²) in [4.78, 5) is 0. The first-order valence-corrected chi connectivity index (χ1v) is 8.00. The Bertz CT molecular complexity index is 890. The third-order valence-electron chi connectivity index (χ3n) is 4.74. The van der Waals surface area contributed by atoms with Crippen molar-refractivity contribution in [2.45, 2.75) is 20.3 Å². The smallest absolute Gasteiger partial charge is 0.0412 e. The van der Waals surface area contributed by atoms with Gasteiger partial charge in [0.05, 0.1) is 0 Å². The number of aryl methyl sites for hydroxylation is 1. The lowest BCUT2D eigenvalue weighted by molar-refractivity contribution is 1.23. The minimum Gasteiger partial charge on any atom is -0.0843 e. The fraction of sp³-hybridized carbons (Fsp3) is 0.143. The van der Waals surface area contributed by atoms with Gasteiger partial charge in [-0.1, -0.05) is 54.1 Å². The highest BCUT2D eigenvalue weighted by atomic mass is 35.5. The third-order valence-corrected chi connectivity index (χ3v) is 4.98. The van der Waals surface area contributed by atoms with Gasteiger partial charge in [-0.3, -0.25) is 0 Å². The summed E-state index contributed by atoms with van der Waals surface area (Å²) >= 11 is 6.23. The minimum atomic E-state index is 0.794. The molecule has 0 unspecified atom stereocenters. The molecule has 3 aromatic rings. The van der Waals surface area contributed by atoms with Gasteiger partial charge in [-0.15, -0.1) is 0 Å². The molecule has 4 rings (SSSR count). The normalized spacial score (nSPS) is 12.1. The van der Waals surface area contributed by atoms with Gasteiger partial charge in [-0.05, 0) is 76.9 Å². The quantitative estimate of drug-likeness (QED) is 0.393. The molecular formula is C21H17Cl. The molecule has 1 aliphatic rings. The van der Waals surface area contributed by atoms with E-state index in [-0.39, 0.29) is 0 Å². The first-order chi connectivity index (χ1) is 10.6. The lowest BCUT2D eigenvalue weighted by Crippen LogP contribution is -1.95. The predicted molar refractivity (Wildman–Crippen MR) is 94.6 cm³/mol. The number of hydrogen-bond donors (Lipinski definition) is 0. The van der Waals surface area contributed by atoms with Crippen LogP contribution in [-0.4, -0.2) is 0 Å². The van der Waals surface area contributed by atoms with Crippen molar-refractivity contribution in [2.24, 2.45) is 0 Å². The first-order valence-electron chi connectivity index (χ1n) is 7.62. The molecule has 0 aromatic heterocycles. The molecule has 108 valence electrons. The lowest BCUT2D eigenvalue weighted by atomic mass is 9.89. The van der Waals surface area contributed by atoms with Crippen LogP contribution in [0.3, 0.4) is 0 Å². The summed E-state index contributed by atoms with van der Waals surface area (Å²) in [5.41, 5.74) is 10.9. The van der Waals surface area contributed by atoms with E-state index in [0.717, 1.165) is 11.4 Å². The SMILES string of the molecule is Cc1cc2c(c(-c3cccc(Cl)c3)c1C)Cc1ccccc1-2. The van der Waals surface area contributed by atoms with E-state index < -0.39 is 0 Å². The highest BCUT2D eigenvalue weighted by molar-refractivity contribution is 6.30. The summed E-state index contributed by atoms with van der Waals surface area (Å²) in [6, 6.07) is 19.3. The van der Waals surface area contributed by atoms with Gasteiger partial charge in [0.15, 0.2) is 0 Å². The van der Waals surface area contributed by atoms with Gasteiger partial charge < -0.3 is 0 Å². The molecule has 0 atom stereocenters. The van der Waals surface area contributed by atoms with Crippen molar-refractivity contribution < 1.29 is 0 Å². The van der Waals surface area contributed by atoms with Crippen molar-refractivity contribution in [2.75, 3.05) is 0 Å². The van der Waals surface area contributed by atoms with Crippen LogP contribution in [0.15, 0.2) is 54.6 Å². The van der Waals surface area contributed by atoms with Gasteiger partial charge in [0.25, 0.3) is 0 Å². The zero-order valence-electron chi connectivity index (χ0n) is 12.8. The van der Waals surface area contributed by atoms with E-state index in [1.807, 2.05) is 12.1 Å². The number of benzene rings is 3. The molecule has 0 aliphatic heterocycles. The summed E-state index contributed by atoms with van der Waals surface area (Å²) < 4.78 is 0. The molecule has 0 N–H and O–H groups in total. The maximum Gasteiger partial charge on any atom is 0.0412 e. The first kappa shape index (κ1) is 13.6. The Morgan fingerprint density at radius 1 is 0.864 bits per heavy atom. The number of rotatable bonds is 1. The monoisotopic (exact) mass is 304 g/mol. The molecular weight excluding hydrogens is 288 g/mol. The van der Waals surface area contributed by atoms with Gasteiger partial charge in [0.2, 0.25) is 0 Å². The van der Waals surface area contributed by atoms with Gasteiger partial charge in [-0.25, -0.2) is 0 Å². The van der Waals surface area contributed by atoms with Gasteiger partial charge in [-0.2, -0.15) is 0 Å². The zero-order chi connectivity index (χ0) is 15.3.